The van der Waals surface area contributed by atoms with Crippen LogP contribution in [0.3, 0.4) is 0 Å². The highest BCUT2D eigenvalue weighted by molar-refractivity contribution is 5.76. The van der Waals surface area contributed by atoms with Gasteiger partial charge in [-0.2, -0.15) is 5.21 Å². The van der Waals surface area contributed by atoms with Crippen LogP contribution < -0.4 is 4.74 Å². The fourth-order valence-electron chi connectivity index (χ4n) is 3.48. The van der Waals surface area contributed by atoms with Gasteiger partial charge >= 0.3 is 0 Å². The smallest absolute Gasteiger partial charge is 0.211 e. The van der Waals surface area contributed by atoms with Gasteiger partial charge in [-0.25, -0.2) is 4.98 Å². The molecule has 7 heteroatoms. The second-order valence-corrected chi connectivity index (χ2v) is 7.28. The van der Waals surface area contributed by atoms with Crippen LogP contribution in [0, 0.1) is 0 Å². The Morgan fingerprint density at radius 3 is 2.34 bits per heavy atom. The zero-order valence-corrected chi connectivity index (χ0v) is 17.3. The summed E-state index contributed by atoms with van der Waals surface area (Å²) < 4.78 is 12.0. The maximum atomic E-state index is 6.23. The summed E-state index contributed by atoms with van der Waals surface area (Å²) in [5, 5.41) is 13.7. The van der Waals surface area contributed by atoms with Crippen LogP contribution in [0.1, 0.15) is 17.3 Å². The number of aromatic nitrogens is 5. The second-order valence-electron chi connectivity index (χ2n) is 7.28. The first kappa shape index (κ1) is 19.7. The molecule has 0 saturated heterocycles. The average molecular weight is 423 g/mol. The van der Waals surface area contributed by atoms with E-state index in [1.165, 1.54) is 0 Å². The highest BCUT2D eigenvalue weighted by Crippen LogP contribution is 2.33. The highest BCUT2D eigenvalue weighted by Gasteiger charge is 2.16. The Morgan fingerprint density at radius 2 is 1.59 bits per heavy atom. The van der Waals surface area contributed by atoms with E-state index in [-0.39, 0.29) is 6.61 Å². The third kappa shape index (κ3) is 4.57. The monoisotopic (exact) mass is 423 g/mol. The van der Waals surface area contributed by atoms with Crippen LogP contribution in [0.5, 0.6) is 5.75 Å². The molecule has 5 rings (SSSR count). The fraction of sp³-hybridized carbons (Fsp3) is 0.120. The number of hydrogen-bond acceptors (Lipinski definition) is 6. The van der Waals surface area contributed by atoms with Crippen molar-refractivity contribution in [2.45, 2.75) is 19.4 Å². The molecule has 0 fully saturated rings. The lowest BCUT2D eigenvalue weighted by atomic mass is 10.1. The molecule has 0 aliphatic carbocycles. The summed E-state index contributed by atoms with van der Waals surface area (Å²) in [6.45, 7) is 0.264. The number of benzene rings is 3. The molecule has 0 unspecified atom stereocenters. The Balaban J connectivity index is 1.34. The summed E-state index contributed by atoms with van der Waals surface area (Å²) in [4.78, 5) is 4.84. The van der Waals surface area contributed by atoms with Crippen molar-refractivity contribution < 1.29 is 9.15 Å². The van der Waals surface area contributed by atoms with Gasteiger partial charge in [0.1, 0.15) is 11.4 Å². The number of tetrazole rings is 1. The van der Waals surface area contributed by atoms with Crippen molar-refractivity contribution in [3.63, 3.8) is 0 Å². The lowest BCUT2D eigenvalue weighted by Crippen LogP contribution is -1.99. The maximum Gasteiger partial charge on any atom is 0.211 e. The molecule has 158 valence electrons. The zero-order chi connectivity index (χ0) is 21.6. The van der Waals surface area contributed by atoms with Crippen molar-refractivity contribution in [1.82, 2.24) is 25.6 Å². The number of aryl methyl sites for hydroxylation is 2. The Bertz CT molecular complexity index is 1210. The Labute approximate surface area is 185 Å². The molecule has 0 aliphatic heterocycles. The van der Waals surface area contributed by atoms with E-state index in [9.17, 15) is 0 Å². The van der Waals surface area contributed by atoms with E-state index in [1.807, 2.05) is 66.7 Å². The van der Waals surface area contributed by atoms with E-state index in [2.05, 4.69) is 38.8 Å². The van der Waals surface area contributed by atoms with Crippen molar-refractivity contribution >= 4 is 0 Å². The minimum absolute atomic E-state index is 0.264. The molecular formula is C25H21N5O2. The minimum Gasteiger partial charge on any atom is -0.485 e. The molecule has 7 nitrogen and oxygen atoms in total. The van der Waals surface area contributed by atoms with Gasteiger partial charge in [-0.15, -0.1) is 10.2 Å². The van der Waals surface area contributed by atoms with Gasteiger partial charge in [0.25, 0.3) is 0 Å². The Hall–Kier alpha value is -4.26. The number of nitrogens with one attached hydrogen (secondary N) is 1. The molecule has 0 radical (unpaired) electrons. The van der Waals surface area contributed by atoms with Crippen molar-refractivity contribution in [1.29, 1.82) is 0 Å². The largest absolute Gasteiger partial charge is 0.485 e. The highest BCUT2D eigenvalue weighted by atomic mass is 16.5. The standard InChI is InChI=1S/C25H21N5O2/c1-3-9-19(10-4-1)24-25(20-11-5-2-6-12-20)32-23(26-24)15-14-18-8-7-13-21(16-18)31-17-22-27-29-30-28-22/h1-13,16H,14-15,17H2,(H,27,28,29,30). The SMILES string of the molecule is c1ccc(-c2nc(CCc3cccc(OCc4nn[nH]n4)c3)oc2-c2ccccc2)cc1. The molecule has 1 N–H and O–H groups in total. The number of nitrogens with zero attached hydrogens (tertiary/aromatic N) is 4. The molecule has 0 bridgehead atoms. The van der Waals surface area contributed by atoms with Crippen molar-refractivity contribution in [3.8, 4) is 28.3 Å². The van der Waals surface area contributed by atoms with E-state index in [0.717, 1.165) is 40.3 Å². The maximum absolute atomic E-state index is 6.23. The normalized spacial score (nSPS) is 10.9. The summed E-state index contributed by atoms with van der Waals surface area (Å²) >= 11 is 0. The predicted molar refractivity (Wildman–Crippen MR) is 120 cm³/mol. The first-order valence-electron chi connectivity index (χ1n) is 10.4. The first-order chi connectivity index (χ1) is 15.8. The van der Waals surface area contributed by atoms with E-state index < -0.39 is 0 Å². The topological polar surface area (TPSA) is 89.7 Å². The lowest BCUT2D eigenvalue weighted by molar-refractivity contribution is 0.295. The Kier molecular flexibility index (Phi) is 5.70. The van der Waals surface area contributed by atoms with Crippen LogP contribution in [-0.4, -0.2) is 25.6 Å². The van der Waals surface area contributed by atoms with Crippen LogP contribution in [0.4, 0.5) is 0 Å². The zero-order valence-electron chi connectivity index (χ0n) is 17.3. The van der Waals surface area contributed by atoms with Gasteiger partial charge in [-0.05, 0) is 24.1 Å². The average Bonchev–Trinajstić information content (AvgIpc) is 3.53. The van der Waals surface area contributed by atoms with Gasteiger partial charge in [0.05, 0.1) is 0 Å². The van der Waals surface area contributed by atoms with Gasteiger partial charge in [0.2, 0.25) is 5.82 Å². The van der Waals surface area contributed by atoms with E-state index in [1.54, 1.807) is 0 Å². The number of H-pyrrole nitrogens is 1. The molecule has 0 aliphatic rings. The number of ether oxygens (including phenoxy) is 1. The van der Waals surface area contributed by atoms with Crippen molar-refractivity contribution in [2.75, 3.05) is 0 Å². The van der Waals surface area contributed by atoms with Crippen molar-refractivity contribution in [2.24, 2.45) is 0 Å². The van der Waals surface area contributed by atoms with Crippen molar-refractivity contribution in [3.05, 3.63) is 102 Å². The second kappa shape index (κ2) is 9.26. The molecule has 0 saturated carbocycles. The summed E-state index contributed by atoms with van der Waals surface area (Å²) in [7, 11) is 0. The number of aromatic amines is 1. The summed E-state index contributed by atoms with van der Waals surface area (Å²) in [6, 6.07) is 28.2. The molecule has 2 heterocycles. The number of rotatable bonds is 8. The Morgan fingerprint density at radius 1 is 0.812 bits per heavy atom. The molecule has 0 atom stereocenters. The van der Waals surface area contributed by atoms with Gasteiger partial charge < -0.3 is 9.15 Å². The number of oxazole rings is 1. The van der Waals surface area contributed by atoms with Gasteiger partial charge in [0.15, 0.2) is 18.3 Å². The van der Waals surface area contributed by atoms with Gasteiger partial charge in [-0.3, -0.25) is 0 Å². The summed E-state index contributed by atoms with van der Waals surface area (Å²) in [5.41, 5.74) is 4.06. The predicted octanol–water partition coefficient (Wildman–Crippen LogP) is 4.89. The van der Waals surface area contributed by atoms with Crippen LogP contribution in [0.2, 0.25) is 0 Å². The molecule has 3 aromatic carbocycles. The molecule has 32 heavy (non-hydrogen) atoms. The first-order valence-corrected chi connectivity index (χ1v) is 10.4. The minimum atomic E-state index is 0.264. The molecular weight excluding hydrogens is 402 g/mol. The molecule has 5 aromatic rings. The van der Waals surface area contributed by atoms with E-state index >= 15 is 0 Å². The van der Waals surface area contributed by atoms with Crippen LogP contribution in [-0.2, 0) is 19.4 Å². The quantitative estimate of drug-likeness (QED) is 0.382. The van der Waals surface area contributed by atoms with Gasteiger partial charge in [-0.1, -0.05) is 78.0 Å². The molecule has 2 aromatic heterocycles. The van der Waals surface area contributed by atoms with Crippen LogP contribution in [0.25, 0.3) is 22.6 Å². The molecule has 0 amide bonds. The van der Waals surface area contributed by atoms with E-state index in [0.29, 0.717) is 18.1 Å². The van der Waals surface area contributed by atoms with Crippen LogP contribution >= 0.6 is 0 Å². The van der Waals surface area contributed by atoms with Crippen LogP contribution in [0.15, 0.2) is 89.3 Å². The van der Waals surface area contributed by atoms with Gasteiger partial charge in [0, 0.05) is 17.5 Å². The third-order valence-corrected chi connectivity index (χ3v) is 5.04. The fourth-order valence-corrected chi connectivity index (χ4v) is 3.48. The summed E-state index contributed by atoms with van der Waals surface area (Å²) in [6.07, 6.45) is 1.46. The molecule has 0 spiro atoms. The lowest BCUT2D eigenvalue weighted by Gasteiger charge is -2.05. The third-order valence-electron chi connectivity index (χ3n) is 5.04. The summed E-state index contributed by atoms with van der Waals surface area (Å²) in [5.74, 6) is 2.77. The number of hydrogen-bond donors (Lipinski definition) is 1. The van der Waals surface area contributed by atoms with E-state index in [4.69, 9.17) is 14.1 Å².